The van der Waals surface area contributed by atoms with Crippen molar-refractivity contribution in [2.24, 2.45) is 22.7 Å². The minimum atomic E-state index is 0.243. The minimum absolute atomic E-state index is 0.243. The average molecular weight is 260 g/mol. The number of fused-ring (bicyclic) bond motifs is 1. The van der Waals surface area contributed by atoms with E-state index in [1.165, 1.54) is 18.4 Å². The highest BCUT2D eigenvalue weighted by Gasteiger charge is 2.52. The van der Waals surface area contributed by atoms with Crippen LogP contribution in [0.5, 0.6) is 0 Å². The maximum Gasteiger partial charge on any atom is 0.129 e. The van der Waals surface area contributed by atoms with E-state index in [-0.39, 0.29) is 10.8 Å². The summed E-state index contributed by atoms with van der Waals surface area (Å²) in [4.78, 5) is 11.4. The van der Waals surface area contributed by atoms with Crippen LogP contribution in [-0.2, 0) is 4.79 Å². The summed E-state index contributed by atoms with van der Waals surface area (Å²) in [6, 6.07) is 0. The number of ketones is 1. The van der Waals surface area contributed by atoms with E-state index in [2.05, 4.69) is 39.5 Å². The molecule has 0 amide bonds. The fraction of sp³-hybridized carbons (Fsp3) is 0.722. The predicted octanol–water partition coefficient (Wildman–Crippen LogP) is 4.93. The van der Waals surface area contributed by atoms with Gasteiger partial charge in [-0.15, -0.1) is 0 Å². The molecule has 0 heterocycles. The quantitative estimate of drug-likeness (QED) is 0.703. The highest BCUT2D eigenvalue weighted by molar-refractivity contribution is 5.75. The normalized spacial score (nSPS) is 42.0. The Bertz CT molecular complexity index is 419. The van der Waals surface area contributed by atoms with Crippen molar-refractivity contribution in [1.29, 1.82) is 0 Å². The molecule has 0 N–H and O–H groups in total. The summed E-state index contributed by atoms with van der Waals surface area (Å²) in [7, 11) is 0. The highest BCUT2D eigenvalue weighted by Crippen LogP contribution is 2.61. The molecule has 1 saturated carbocycles. The van der Waals surface area contributed by atoms with Crippen molar-refractivity contribution < 1.29 is 4.79 Å². The van der Waals surface area contributed by atoms with Crippen molar-refractivity contribution in [2.75, 3.05) is 0 Å². The van der Waals surface area contributed by atoms with Gasteiger partial charge in [-0.3, -0.25) is 0 Å². The van der Waals surface area contributed by atoms with Gasteiger partial charge in [0.15, 0.2) is 0 Å². The van der Waals surface area contributed by atoms with Gasteiger partial charge in [0.25, 0.3) is 0 Å². The SMILES string of the molecule is C=C1C=CC[C@@H]2[C@@](C)(CCC(C)=O)[C@H](C)CC[C@@]12C. The molecule has 1 fully saturated rings. The van der Waals surface area contributed by atoms with Gasteiger partial charge in [0.05, 0.1) is 0 Å². The van der Waals surface area contributed by atoms with Crippen molar-refractivity contribution in [1.82, 2.24) is 0 Å². The first-order valence-electron chi connectivity index (χ1n) is 7.66. The van der Waals surface area contributed by atoms with Crippen LogP contribution in [0, 0.1) is 22.7 Å². The van der Waals surface area contributed by atoms with Crippen LogP contribution in [0.15, 0.2) is 24.3 Å². The molecule has 0 spiro atoms. The first kappa shape index (κ1) is 14.6. The van der Waals surface area contributed by atoms with Gasteiger partial charge in [0.1, 0.15) is 5.78 Å². The van der Waals surface area contributed by atoms with E-state index in [0.717, 1.165) is 19.3 Å². The van der Waals surface area contributed by atoms with E-state index in [1.807, 2.05) is 0 Å². The molecule has 2 aliphatic rings. The van der Waals surface area contributed by atoms with E-state index in [1.54, 1.807) is 6.92 Å². The van der Waals surface area contributed by atoms with Crippen molar-refractivity contribution in [3.63, 3.8) is 0 Å². The number of carbonyl (C=O) groups is 1. The van der Waals surface area contributed by atoms with Crippen LogP contribution in [0.4, 0.5) is 0 Å². The maximum absolute atomic E-state index is 11.4. The Morgan fingerprint density at radius 2 is 2.16 bits per heavy atom. The monoisotopic (exact) mass is 260 g/mol. The molecule has 0 aromatic heterocycles. The number of Topliss-reactive ketones (excluding diaryl/α,β-unsaturated/α-hetero) is 1. The van der Waals surface area contributed by atoms with Gasteiger partial charge in [-0.05, 0) is 60.8 Å². The molecule has 1 heteroatoms. The lowest BCUT2D eigenvalue weighted by Crippen LogP contribution is -2.49. The van der Waals surface area contributed by atoms with Crippen molar-refractivity contribution in [3.05, 3.63) is 24.3 Å². The predicted molar refractivity (Wildman–Crippen MR) is 80.9 cm³/mol. The number of hydrogen-bond donors (Lipinski definition) is 0. The Morgan fingerprint density at radius 3 is 2.79 bits per heavy atom. The molecule has 0 aromatic carbocycles. The molecule has 0 saturated heterocycles. The van der Waals surface area contributed by atoms with Gasteiger partial charge in [-0.2, -0.15) is 0 Å². The molecule has 106 valence electrons. The summed E-state index contributed by atoms with van der Waals surface area (Å²) in [5.74, 6) is 1.66. The Morgan fingerprint density at radius 1 is 1.47 bits per heavy atom. The molecular weight excluding hydrogens is 232 g/mol. The molecule has 4 atom stereocenters. The number of allylic oxidation sites excluding steroid dienone is 3. The third kappa shape index (κ3) is 2.32. The largest absolute Gasteiger partial charge is 0.300 e. The van der Waals surface area contributed by atoms with E-state index >= 15 is 0 Å². The second kappa shape index (κ2) is 4.92. The molecule has 0 aromatic rings. The Kier molecular flexibility index (Phi) is 3.77. The molecule has 2 rings (SSSR count). The van der Waals surface area contributed by atoms with Gasteiger partial charge < -0.3 is 4.79 Å². The van der Waals surface area contributed by atoms with Crippen LogP contribution < -0.4 is 0 Å². The third-order valence-electron chi connectivity index (χ3n) is 6.23. The Balaban J connectivity index is 2.32. The summed E-state index contributed by atoms with van der Waals surface area (Å²) in [6.07, 6.45) is 9.92. The molecule has 19 heavy (non-hydrogen) atoms. The molecule has 0 radical (unpaired) electrons. The first-order chi connectivity index (χ1) is 8.80. The zero-order valence-corrected chi connectivity index (χ0v) is 13.0. The van der Waals surface area contributed by atoms with E-state index in [0.29, 0.717) is 17.6 Å². The summed E-state index contributed by atoms with van der Waals surface area (Å²) < 4.78 is 0. The molecule has 0 aliphatic heterocycles. The average Bonchev–Trinajstić information content (AvgIpc) is 2.35. The topological polar surface area (TPSA) is 17.1 Å². The first-order valence-corrected chi connectivity index (χ1v) is 7.66. The van der Waals surface area contributed by atoms with Crippen LogP contribution >= 0.6 is 0 Å². The summed E-state index contributed by atoms with van der Waals surface area (Å²) in [6.45, 7) is 13.2. The number of rotatable bonds is 3. The van der Waals surface area contributed by atoms with Crippen LogP contribution in [-0.4, -0.2) is 5.78 Å². The van der Waals surface area contributed by atoms with Gasteiger partial charge in [-0.1, -0.05) is 39.5 Å². The standard InChI is InChI=1S/C18H28O/c1-13-7-6-8-16-17(13,4)11-9-14(2)18(16,5)12-10-15(3)19/h6-7,14,16H,1,8-12H2,2-5H3/t14-,16+,17+,18+/m1/s1. The summed E-state index contributed by atoms with van der Waals surface area (Å²) in [5, 5.41) is 0. The second-order valence-corrected chi connectivity index (χ2v) is 7.28. The van der Waals surface area contributed by atoms with Gasteiger partial charge in [0, 0.05) is 6.42 Å². The molecule has 0 unspecified atom stereocenters. The fourth-order valence-electron chi connectivity index (χ4n) is 4.41. The lowest BCUT2D eigenvalue weighted by molar-refractivity contribution is -0.119. The van der Waals surface area contributed by atoms with Crippen LogP contribution in [0.25, 0.3) is 0 Å². The summed E-state index contributed by atoms with van der Waals surface area (Å²) in [5.41, 5.74) is 1.81. The fourth-order valence-corrected chi connectivity index (χ4v) is 4.41. The van der Waals surface area contributed by atoms with Gasteiger partial charge in [0.2, 0.25) is 0 Å². The van der Waals surface area contributed by atoms with Gasteiger partial charge in [-0.25, -0.2) is 0 Å². The van der Waals surface area contributed by atoms with E-state index in [4.69, 9.17) is 0 Å². The smallest absolute Gasteiger partial charge is 0.129 e. The highest BCUT2D eigenvalue weighted by atomic mass is 16.1. The molecule has 2 aliphatic carbocycles. The van der Waals surface area contributed by atoms with Crippen LogP contribution in [0.3, 0.4) is 0 Å². The third-order valence-corrected chi connectivity index (χ3v) is 6.23. The zero-order chi connectivity index (χ0) is 14.3. The van der Waals surface area contributed by atoms with Crippen LogP contribution in [0.2, 0.25) is 0 Å². The van der Waals surface area contributed by atoms with Crippen molar-refractivity contribution in [2.45, 2.75) is 59.8 Å². The second-order valence-electron chi connectivity index (χ2n) is 7.28. The van der Waals surface area contributed by atoms with E-state index < -0.39 is 0 Å². The van der Waals surface area contributed by atoms with E-state index in [9.17, 15) is 4.79 Å². The zero-order valence-electron chi connectivity index (χ0n) is 13.0. The minimum Gasteiger partial charge on any atom is -0.300 e. The van der Waals surface area contributed by atoms with Gasteiger partial charge >= 0.3 is 0 Å². The molecular formula is C18H28O. The number of hydrogen-bond acceptors (Lipinski definition) is 1. The number of carbonyl (C=O) groups excluding carboxylic acids is 1. The summed E-state index contributed by atoms with van der Waals surface area (Å²) >= 11 is 0. The maximum atomic E-state index is 11.4. The molecule has 0 bridgehead atoms. The lowest BCUT2D eigenvalue weighted by Gasteiger charge is -2.57. The lowest BCUT2D eigenvalue weighted by atomic mass is 9.47. The van der Waals surface area contributed by atoms with Crippen molar-refractivity contribution in [3.8, 4) is 0 Å². The Hall–Kier alpha value is -0.850. The van der Waals surface area contributed by atoms with Crippen LogP contribution in [0.1, 0.15) is 59.8 Å². The van der Waals surface area contributed by atoms with Crippen molar-refractivity contribution >= 4 is 5.78 Å². The molecule has 1 nitrogen and oxygen atoms in total. The Labute approximate surface area is 118 Å².